The number of rotatable bonds is 4. The van der Waals surface area contributed by atoms with Gasteiger partial charge in [-0.1, -0.05) is 35.3 Å². The lowest BCUT2D eigenvalue weighted by Crippen LogP contribution is -2.56. The number of primary amides is 1. The van der Waals surface area contributed by atoms with E-state index in [-0.39, 0.29) is 0 Å². The molecule has 1 atom stereocenters. The number of aromatic nitrogens is 4. The Hall–Kier alpha value is -3.20. The van der Waals surface area contributed by atoms with E-state index >= 15 is 0 Å². The first kappa shape index (κ1) is 20.7. The molecule has 0 aliphatic carbocycles. The van der Waals surface area contributed by atoms with Crippen LogP contribution in [-0.4, -0.2) is 51.1 Å². The molecule has 3 heterocycles. The Kier molecular flexibility index (Phi) is 5.42. The fraction of sp³-hybridized carbons (Fsp3) is 0.182. The van der Waals surface area contributed by atoms with Crippen molar-refractivity contribution in [1.82, 2.24) is 24.8 Å². The molecule has 0 spiro atoms. The van der Waals surface area contributed by atoms with E-state index in [1.165, 1.54) is 6.33 Å². The van der Waals surface area contributed by atoms with E-state index in [1.54, 1.807) is 0 Å². The predicted molar refractivity (Wildman–Crippen MR) is 125 cm³/mol. The van der Waals surface area contributed by atoms with Crippen molar-refractivity contribution in [1.29, 1.82) is 0 Å². The summed E-state index contributed by atoms with van der Waals surface area (Å²) in [4.78, 5) is 27.7. The first-order valence-electron chi connectivity index (χ1n) is 10.0. The molecule has 0 saturated carbocycles. The third-order valence-corrected chi connectivity index (χ3v) is 6.02. The molecule has 8 nitrogen and oxygen atoms in total. The third kappa shape index (κ3) is 3.66. The number of halogens is 2. The number of nitrogens with one attached hydrogen (secondary N) is 1. The lowest BCUT2D eigenvalue weighted by Gasteiger charge is -2.32. The molecule has 0 radical (unpaired) electrons. The van der Waals surface area contributed by atoms with Crippen molar-refractivity contribution in [3.05, 3.63) is 64.9 Å². The molecule has 162 valence electrons. The van der Waals surface area contributed by atoms with Crippen molar-refractivity contribution < 1.29 is 4.79 Å². The Bertz CT molecular complexity index is 1310. The quantitative estimate of drug-likeness (QED) is 0.478. The minimum Gasteiger partial charge on any atom is -0.368 e. The maximum atomic E-state index is 11.7. The van der Waals surface area contributed by atoms with Gasteiger partial charge in [-0.05, 0) is 36.4 Å². The predicted octanol–water partition coefficient (Wildman–Crippen LogP) is 3.05. The van der Waals surface area contributed by atoms with Crippen LogP contribution in [0.2, 0.25) is 10.0 Å². The summed E-state index contributed by atoms with van der Waals surface area (Å²) >= 11 is 12.7. The zero-order valence-electron chi connectivity index (χ0n) is 16.9. The van der Waals surface area contributed by atoms with Crippen LogP contribution in [0.15, 0.2) is 54.9 Å². The number of hydrogen-bond donors (Lipinski definition) is 2. The van der Waals surface area contributed by atoms with Crippen LogP contribution in [0.3, 0.4) is 0 Å². The van der Waals surface area contributed by atoms with Gasteiger partial charge in [0.05, 0.1) is 5.02 Å². The standard InChI is InChI=1S/C22H19Cl2N7O/c23-13-5-7-14(8-6-13)31-20(15-3-1-2-4-16(15)24)29-18-21(27-12-28-22(18)31)30-10-9-26-17(11-30)19(25)32/h1-8,12,17,26H,9-11H2,(H2,25,32). The Morgan fingerprint density at radius 3 is 2.62 bits per heavy atom. The summed E-state index contributed by atoms with van der Waals surface area (Å²) < 4.78 is 1.94. The Morgan fingerprint density at radius 2 is 1.88 bits per heavy atom. The van der Waals surface area contributed by atoms with Crippen molar-refractivity contribution in [2.24, 2.45) is 5.73 Å². The van der Waals surface area contributed by atoms with Crippen LogP contribution in [0.1, 0.15) is 0 Å². The highest BCUT2D eigenvalue weighted by Crippen LogP contribution is 2.34. The minimum atomic E-state index is -0.463. The summed E-state index contributed by atoms with van der Waals surface area (Å²) in [6, 6.07) is 14.5. The number of fused-ring (bicyclic) bond motifs is 1. The zero-order chi connectivity index (χ0) is 22.2. The number of nitrogens with two attached hydrogens (primary N) is 1. The van der Waals surface area contributed by atoms with E-state index < -0.39 is 11.9 Å². The lowest BCUT2D eigenvalue weighted by molar-refractivity contribution is -0.120. The highest BCUT2D eigenvalue weighted by atomic mass is 35.5. The summed E-state index contributed by atoms with van der Waals surface area (Å²) in [6.07, 6.45) is 1.50. The molecule has 1 aliphatic heterocycles. The number of imidazole rings is 1. The molecule has 1 fully saturated rings. The number of nitrogens with zero attached hydrogens (tertiary/aromatic N) is 5. The van der Waals surface area contributed by atoms with Gasteiger partial charge in [0.2, 0.25) is 5.91 Å². The van der Waals surface area contributed by atoms with Gasteiger partial charge < -0.3 is 16.0 Å². The fourth-order valence-electron chi connectivity index (χ4n) is 3.90. The van der Waals surface area contributed by atoms with E-state index in [0.717, 1.165) is 11.3 Å². The van der Waals surface area contributed by atoms with Gasteiger partial charge >= 0.3 is 0 Å². The van der Waals surface area contributed by atoms with Gasteiger partial charge in [0.1, 0.15) is 18.2 Å². The number of anilines is 1. The Balaban J connectivity index is 1.73. The van der Waals surface area contributed by atoms with Crippen molar-refractivity contribution in [3.8, 4) is 17.1 Å². The summed E-state index contributed by atoms with van der Waals surface area (Å²) in [5.41, 5.74) is 8.37. The van der Waals surface area contributed by atoms with E-state index in [0.29, 0.717) is 52.5 Å². The SMILES string of the molecule is NC(=O)C1CN(c2ncnc3c2nc(-c2ccccc2Cl)n3-c2ccc(Cl)cc2)CCN1. The van der Waals surface area contributed by atoms with Crippen LogP contribution in [0.5, 0.6) is 0 Å². The molecule has 2 aromatic heterocycles. The smallest absolute Gasteiger partial charge is 0.236 e. The molecule has 1 unspecified atom stereocenters. The van der Waals surface area contributed by atoms with Crippen LogP contribution in [-0.2, 0) is 4.79 Å². The molecule has 10 heteroatoms. The second kappa shape index (κ2) is 8.38. The Morgan fingerprint density at radius 1 is 1.09 bits per heavy atom. The second-order valence-electron chi connectivity index (χ2n) is 7.45. The number of hydrogen-bond acceptors (Lipinski definition) is 6. The first-order chi connectivity index (χ1) is 15.5. The molecule has 5 rings (SSSR count). The normalized spacial score (nSPS) is 16.4. The summed E-state index contributed by atoms with van der Waals surface area (Å²) in [7, 11) is 0. The van der Waals surface area contributed by atoms with Gasteiger partial charge in [-0.25, -0.2) is 15.0 Å². The van der Waals surface area contributed by atoms with E-state index in [1.807, 2.05) is 58.0 Å². The maximum Gasteiger partial charge on any atom is 0.236 e. The second-order valence-corrected chi connectivity index (χ2v) is 8.30. The van der Waals surface area contributed by atoms with Gasteiger partial charge in [0, 0.05) is 35.9 Å². The van der Waals surface area contributed by atoms with Crippen LogP contribution < -0.4 is 16.0 Å². The highest BCUT2D eigenvalue weighted by molar-refractivity contribution is 6.33. The first-order valence-corrected chi connectivity index (χ1v) is 10.8. The van der Waals surface area contributed by atoms with Crippen molar-refractivity contribution in [2.45, 2.75) is 6.04 Å². The molecule has 0 bridgehead atoms. The molecule has 1 aliphatic rings. The highest BCUT2D eigenvalue weighted by Gasteiger charge is 2.28. The molecule has 1 amide bonds. The Labute approximate surface area is 194 Å². The fourth-order valence-corrected chi connectivity index (χ4v) is 4.25. The zero-order valence-corrected chi connectivity index (χ0v) is 18.4. The molecule has 32 heavy (non-hydrogen) atoms. The minimum absolute atomic E-state index is 0.399. The van der Waals surface area contributed by atoms with Gasteiger partial charge in [-0.15, -0.1) is 0 Å². The number of carbonyl (C=O) groups is 1. The molecule has 3 N–H and O–H groups in total. The number of benzene rings is 2. The van der Waals surface area contributed by atoms with Crippen LogP contribution in [0.25, 0.3) is 28.2 Å². The summed E-state index contributed by atoms with van der Waals surface area (Å²) in [6.45, 7) is 1.66. The third-order valence-electron chi connectivity index (χ3n) is 5.44. The summed E-state index contributed by atoms with van der Waals surface area (Å²) in [5, 5.41) is 4.34. The number of piperazine rings is 1. The average Bonchev–Trinajstić information content (AvgIpc) is 3.19. The molecular weight excluding hydrogens is 449 g/mol. The van der Waals surface area contributed by atoms with Crippen LogP contribution >= 0.6 is 23.2 Å². The van der Waals surface area contributed by atoms with Gasteiger partial charge in [-0.2, -0.15) is 0 Å². The van der Waals surface area contributed by atoms with E-state index in [2.05, 4.69) is 15.3 Å². The van der Waals surface area contributed by atoms with Crippen LogP contribution in [0.4, 0.5) is 5.82 Å². The monoisotopic (exact) mass is 467 g/mol. The van der Waals surface area contributed by atoms with Crippen molar-refractivity contribution >= 4 is 46.1 Å². The average molecular weight is 468 g/mol. The maximum absolute atomic E-state index is 11.7. The van der Waals surface area contributed by atoms with Gasteiger partial charge in [0.25, 0.3) is 0 Å². The largest absolute Gasteiger partial charge is 0.368 e. The molecule has 1 saturated heterocycles. The van der Waals surface area contributed by atoms with Crippen LogP contribution in [0, 0.1) is 0 Å². The molecule has 2 aromatic carbocycles. The molecular formula is C22H19Cl2N7O. The van der Waals surface area contributed by atoms with Crippen molar-refractivity contribution in [3.63, 3.8) is 0 Å². The van der Waals surface area contributed by atoms with Crippen molar-refractivity contribution in [2.75, 3.05) is 24.5 Å². The number of carbonyl (C=O) groups excluding carboxylic acids is 1. The topological polar surface area (TPSA) is 102 Å². The van der Waals surface area contributed by atoms with Gasteiger partial charge in [-0.3, -0.25) is 9.36 Å². The molecule has 4 aromatic rings. The van der Waals surface area contributed by atoms with E-state index in [9.17, 15) is 4.79 Å². The van der Waals surface area contributed by atoms with Gasteiger partial charge in [0.15, 0.2) is 17.0 Å². The lowest BCUT2D eigenvalue weighted by atomic mass is 10.2. The number of amides is 1. The van der Waals surface area contributed by atoms with E-state index in [4.69, 9.17) is 33.9 Å². The summed E-state index contributed by atoms with van der Waals surface area (Å²) in [5.74, 6) is 0.878.